The third kappa shape index (κ3) is 4.58. The van der Waals surface area contributed by atoms with Gasteiger partial charge in [-0.1, -0.05) is 60.7 Å². The van der Waals surface area contributed by atoms with E-state index in [4.69, 9.17) is 9.47 Å². The van der Waals surface area contributed by atoms with Gasteiger partial charge in [-0.2, -0.15) is 0 Å². The summed E-state index contributed by atoms with van der Waals surface area (Å²) in [5, 5.41) is 0. The summed E-state index contributed by atoms with van der Waals surface area (Å²) >= 11 is 0. The standard InChI is InChI=1S/C27H31NO5/c1-26(2,3)33-25(31)28-19(16-32-27(28,4)5)20-21(23(29)17-12-8-6-9-13-17)22(20)24(30)18-14-10-7-11-15-18/h6-15,19-22H,16H2,1-5H3/t19-,21-,22-/m0/s1. The normalized spacial score (nSPS) is 26.0. The second kappa shape index (κ2) is 8.41. The molecular weight excluding hydrogens is 418 g/mol. The first-order chi connectivity index (χ1) is 15.5. The first-order valence-electron chi connectivity index (χ1n) is 11.4. The Balaban J connectivity index is 1.68. The van der Waals surface area contributed by atoms with Crippen LogP contribution in [0.2, 0.25) is 0 Å². The van der Waals surface area contributed by atoms with Crippen LogP contribution in [0.25, 0.3) is 0 Å². The van der Waals surface area contributed by atoms with Crippen molar-refractivity contribution in [3.05, 3.63) is 71.8 Å². The quantitative estimate of drug-likeness (QED) is 0.602. The average Bonchev–Trinajstić information content (AvgIpc) is 3.41. The van der Waals surface area contributed by atoms with Crippen molar-refractivity contribution in [3.63, 3.8) is 0 Å². The van der Waals surface area contributed by atoms with Crippen molar-refractivity contribution in [1.29, 1.82) is 0 Å². The number of nitrogens with zero attached hydrogens (tertiary/aromatic N) is 1. The van der Waals surface area contributed by atoms with Crippen LogP contribution < -0.4 is 0 Å². The average molecular weight is 450 g/mol. The molecule has 0 aromatic heterocycles. The number of carbonyl (C=O) groups is 3. The SMILES string of the molecule is CC(C)(C)OC(=O)N1[C@H](C2[C@H](C(=O)c3ccccc3)[C@H]2C(=O)c2ccccc2)COC1(C)C. The second-order valence-electron chi connectivity index (χ2n) is 10.3. The number of hydrogen-bond acceptors (Lipinski definition) is 5. The lowest BCUT2D eigenvalue weighted by Gasteiger charge is -2.35. The minimum atomic E-state index is -0.906. The summed E-state index contributed by atoms with van der Waals surface area (Å²) in [6.45, 7) is 9.29. The van der Waals surface area contributed by atoms with Crippen LogP contribution in [0.4, 0.5) is 4.79 Å². The van der Waals surface area contributed by atoms with Crippen molar-refractivity contribution in [2.24, 2.45) is 17.8 Å². The molecule has 1 amide bonds. The first kappa shape index (κ1) is 23.2. The Kier molecular flexibility index (Phi) is 5.91. The van der Waals surface area contributed by atoms with Gasteiger partial charge in [0.2, 0.25) is 0 Å². The van der Waals surface area contributed by atoms with Gasteiger partial charge in [-0.3, -0.25) is 14.5 Å². The van der Waals surface area contributed by atoms with E-state index >= 15 is 0 Å². The molecule has 6 heteroatoms. The zero-order valence-electron chi connectivity index (χ0n) is 19.8. The molecule has 2 fully saturated rings. The van der Waals surface area contributed by atoms with Gasteiger partial charge in [0.25, 0.3) is 0 Å². The highest BCUT2D eigenvalue weighted by Gasteiger charge is 2.66. The third-order valence-corrected chi connectivity index (χ3v) is 6.35. The molecule has 0 spiro atoms. The fraction of sp³-hybridized carbons (Fsp3) is 0.444. The molecule has 1 aliphatic heterocycles. The molecule has 2 aliphatic rings. The van der Waals surface area contributed by atoms with Crippen molar-refractivity contribution in [2.75, 3.05) is 6.61 Å². The van der Waals surface area contributed by atoms with Gasteiger partial charge in [0.05, 0.1) is 12.6 Å². The largest absolute Gasteiger partial charge is 0.444 e. The zero-order valence-corrected chi connectivity index (χ0v) is 19.8. The Morgan fingerprint density at radius 3 is 1.76 bits per heavy atom. The van der Waals surface area contributed by atoms with Gasteiger partial charge in [-0.05, 0) is 34.6 Å². The van der Waals surface area contributed by atoms with E-state index in [0.29, 0.717) is 11.1 Å². The van der Waals surface area contributed by atoms with E-state index in [1.807, 2.05) is 57.2 Å². The Bertz CT molecular complexity index is 984. The zero-order chi connectivity index (χ0) is 24.0. The van der Waals surface area contributed by atoms with Gasteiger partial charge in [-0.25, -0.2) is 4.79 Å². The maximum atomic E-state index is 13.5. The fourth-order valence-electron chi connectivity index (χ4n) is 4.86. The topological polar surface area (TPSA) is 72.9 Å². The van der Waals surface area contributed by atoms with Crippen molar-refractivity contribution in [1.82, 2.24) is 4.90 Å². The molecule has 33 heavy (non-hydrogen) atoms. The van der Waals surface area contributed by atoms with Gasteiger partial charge in [-0.15, -0.1) is 0 Å². The molecule has 2 aromatic rings. The molecule has 0 bridgehead atoms. The van der Waals surface area contributed by atoms with E-state index in [1.54, 1.807) is 43.0 Å². The van der Waals surface area contributed by atoms with E-state index in [2.05, 4.69) is 0 Å². The lowest BCUT2D eigenvalue weighted by molar-refractivity contribution is -0.0634. The Labute approximate surface area is 194 Å². The lowest BCUT2D eigenvalue weighted by atomic mass is 10.0. The summed E-state index contributed by atoms with van der Waals surface area (Å²) in [5.41, 5.74) is -0.450. The Morgan fingerprint density at radius 1 is 0.879 bits per heavy atom. The predicted molar refractivity (Wildman–Crippen MR) is 124 cm³/mol. The van der Waals surface area contributed by atoms with Gasteiger partial charge in [0.1, 0.15) is 11.3 Å². The molecule has 4 rings (SSSR count). The maximum Gasteiger partial charge on any atom is 0.412 e. The fourth-order valence-corrected chi connectivity index (χ4v) is 4.86. The van der Waals surface area contributed by atoms with Crippen molar-refractivity contribution in [2.45, 2.75) is 52.0 Å². The molecule has 1 heterocycles. The van der Waals surface area contributed by atoms with E-state index in [-0.39, 0.29) is 24.1 Å². The molecular formula is C27H31NO5. The number of benzene rings is 2. The van der Waals surface area contributed by atoms with E-state index in [0.717, 1.165) is 0 Å². The van der Waals surface area contributed by atoms with Gasteiger partial charge in [0, 0.05) is 28.9 Å². The number of Topliss-reactive ketones (excluding diaryl/α,β-unsaturated/α-hetero) is 2. The molecule has 0 unspecified atom stereocenters. The highest BCUT2D eigenvalue weighted by Crippen LogP contribution is 2.55. The summed E-state index contributed by atoms with van der Waals surface area (Å²) in [7, 11) is 0. The number of amides is 1. The third-order valence-electron chi connectivity index (χ3n) is 6.35. The molecule has 1 saturated heterocycles. The van der Waals surface area contributed by atoms with Gasteiger partial charge in [0.15, 0.2) is 11.6 Å². The smallest absolute Gasteiger partial charge is 0.412 e. The van der Waals surface area contributed by atoms with Crippen LogP contribution in [0.5, 0.6) is 0 Å². The number of rotatable bonds is 5. The van der Waals surface area contributed by atoms with Gasteiger partial charge >= 0.3 is 6.09 Å². The first-order valence-corrected chi connectivity index (χ1v) is 11.4. The summed E-state index contributed by atoms with van der Waals surface area (Å²) < 4.78 is 11.6. The molecule has 0 radical (unpaired) electrons. The van der Waals surface area contributed by atoms with Crippen molar-refractivity contribution in [3.8, 4) is 0 Å². The minimum absolute atomic E-state index is 0.0799. The lowest BCUT2D eigenvalue weighted by Crippen LogP contribution is -2.51. The summed E-state index contributed by atoms with van der Waals surface area (Å²) in [5.74, 6) is -1.55. The second-order valence-corrected chi connectivity index (χ2v) is 10.3. The number of ether oxygens (including phenoxy) is 2. The Hall–Kier alpha value is -2.99. The molecule has 6 nitrogen and oxygen atoms in total. The van der Waals surface area contributed by atoms with Crippen LogP contribution in [0.15, 0.2) is 60.7 Å². The van der Waals surface area contributed by atoms with Crippen LogP contribution in [0.3, 0.4) is 0 Å². The highest BCUT2D eigenvalue weighted by atomic mass is 16.6. The molecule has 3 atom stereocenters. The van der Waals surface area contributed by atoms with Crippen LogP contribution in [0.1, 0.15) is 55.3 Å². The van der Waals surface area contributed by atoms with Crippen LogP contribution in [0, 0.1) is 17.8 Å². The van der Waals surface area contributed by atoms with Crippen molar-refractivity contribution < 1.29 is 23.9 Å². The number of ketones is 2. The van der Waals surface area contributed by atoms with Crippen LogP contribution in [-0.4, -0.2) is 46.5 Å². The van der Waals surface area contributed by atoms with Crippen LogP contribution >= 0.6 is 0 Å². The summed E-state index contributed by atoms with van der Waals surface area (Å²) in [4.78, 5) is 41.7. The summed E-state index contributed by atoms with van der Waals surface area (Å²) in [6.07, 6.45) is -0.501. The maximum absolute atomic E-state index is 13.5. The Morgan fingerprint density at radius 2 is 1.33 bits per heavy atom. The van der Waals surface area contributed by atoms with E-state index in [9.17, 15) is 14.4 Å². The minimum Gasteiger partial charge on any atom is -0.444 e. The van der Waals surface area contributed by atoms with Gasteiger partial charge < -0.3 is 9.47 Å². The molecule has 0 N–H and O–H groups in total. The van der Waals surface area contributed by atoms with E-state index in [1.165, 1.54) is 0 Å². The monoisotopic (exact) mass is 449 g/mol. The number of carbonyl (C=O) groups excluding carboxylic acids is 3. The van der Waals surface area contributed by atoms with E-state index < -0.39 is 35.3 Å². The molecule has 1 aliphatic carbocycles. The predicted octanol–water partition coefficient (Wildman–Crippen LogP) is 4.99. The molecule has 2 aromatic carbocycles. The van der Waals surface area contributed by atoms with Crippen LogP contribution in [-0.2, 0) is 9.47 Å². The van der Waals surface area contributed by atoms with Crippen molar-refractivity contribution >= 4 is 17.7 Å². The molecule has 1 saturated carbocycles. The molecule has 174 valence electrons. The summed E-state index contributed by atoms with van der Waals surface area (Å²) in [6, 6.07) is 17.6. The highest BCUT2D eigenvalue weighted by molar-refractivity contribution is 6.09. The number of hydrogen-bond donors (Lipinski definition) is 0.